The number of carbonyl (C=O) groups is 2. The van der Waals surface area contributed by atoms with E-state index >= 15 is 0 Å². The number of amides is 1. The maximum absolute atomic E-state index is 12.4. The van der Waals surface area contributed by atoms with Gasteiger partial charge in [-0.3, -0.25) is 13.8 Å². The summed E-state index contributed by atoms with van der Waals surface area (Å²) in [6.07, 6.45) is 1.20. The molecule has 0 radical (unpaired) electrons. The number of carbonyl (C=O) groups excluding carboxylic acids is 2. The van der Waals surface area contributed by atoms with Crippen molar-refractivity contribution in [2.75, 3.05) is 19.4 Å². The highest BCUT2D eigenvalue weighted by Crippen LogP contribution is 2.11. The van der Waals surface area contributed by atoms with Gasteiger partial charge in [-0.1, -0.05) is 60.7 Å². The van der Waals surface area contributed by atoms with E-state index in [1.54, 1.807) is 0 Å². The van der Waals surface area contributed by atoms with Crippen LogP contribution in [-0.2, 0) is 41.7 Å². The summed E-state index contributed by atoms with van der Waals surface area (Å²) in [5.74, 6) is -1.83. The first-order valence-electron chi connectivity index (χ1n) is 8.69. The zero-order valence-corrected chi connectivity index (χ0v) is 16.4. The van der Waals surface area contributed by atoms with Gasteiger partial charge >= 0.3 is 5.97 Å². The van der Waals surface area contributed by atoms with Gasteiger partial charge in [-0.2, -0.15) is 8.42 Å². The standard InChI is InChI=1S/C20H23NO6S/c1-28(24,25)27-15-18(12-16-8-4-2-5-9-16)20(23)21-13-19(22)26-14-17-10-6-3-7-11-17/h2-11,18H,12-15H2,1H3,(H,21,23). The van der Waals surface area contributed by atoms with Crippen molar-refractivity contribution in [3.05, 3.63) is 71.8 Å². The quantitative estimate of drug-likeness (QED) is 0.477. The molecule has 1 atom stereocenters. The number of hydrogen-bond donors (Lipinski definition) is 1. The van der Waals surface area contributed by atoms with Crippen molar-refractivity contribution >= 4 is 22.0 Å². The van der Waals surface area contributed by atoms with E-state index in [0.717, 1.165) is 17.4 Å². The number of ether oxygens (including phenoxy) is 1. The van der Waals surface area contributed by atoms with Gasteiger partial charge in [-0.05, 0) is 17.5 Å². The van der Waals surface area contributed by atoms with Crippen LogP contribution in [0.15, 0.2) is 60.7 Å². The van der Waals surface area contributed by atoms with Gasteiger partial charge in [0.25, 0.3) is 10.1 Å². The van der Waals surface area contributed by atoms with E-state index in [9.17, 15) is 18.0 Å². The smallest absolute Gasteiger partial charge is 0.325 e. The second-order valence-corrected chi connectivity index (χ2v) is 7.88. The molecule has 2 rings (SSSR count). The van der Waals surface area contributed by atoms with Crippen molar-refractivity contribution in [1.82, 2.24) is 5.32 Å². The summed E-state index contributed by atoms with van der Waals surface area (Å²) in [4.78, 5) is 24.3. The van der Waals surface area contributed by atoms with Crippen molar-refractivity contribution in [2.24, 2.45) is 5.92 Å². The van der Waals surface area contributed by atoms with Gasteiger partial charge in [0.2, 0.25) is 5.91 Å². The van der Waals surface area contributed by atoms with Crippen molar-refractivity contribution in [3.8, 4) is 0 Å². The molecule has 0 heterocycles. The second-order valence-electron chi connectivity index (χ2n) is 6.24. The number of esters is 1. The Morgan fingerprint density at radius 1 is 0.964 bits per heavy atom. The van der Waals surface area contributed by atoms with Gasteiger partial charge in [0.05, 0.1) is 18.8 Å². The molecule has 0 aromatic heterocycles. The predicted octanol–water partition coefficient (Wildman–Crippen LogP) is 1.68. The number of rotatable bonds is 10. The van der Waals surface area contributed by atoms with E-state index in [-0.39, 0.29) is 26.2 Å². The Morgan fingerprint density at radius 3 is 2.11 bits per heavy atom. The molecule has 28 heavy (non-hydrogen) atoms. The van der Waals surface area contributed by atoms with Crippen LogP contribution in [-0.4, -0.2) is 39.7 Å². The highest BCUT2D eigenvalue weighted by Gasteiger charge is 2.22. The fourth-order valence-electron chi connectivity index (χ4n) is 2.42. The van der Waals surface area contributed by atoms with Crippen molar-refractivity contribution in [1.29, 1.82) is 0 Å². The predicted molar refractivity (Wildman–Crippen MR) is 104 cm³/mol. The zero-order chi connectivity index (χ0) is 20.4. The Balaban J connectivity index is 1.88. The van der Waals surface area contributed by atoms with Gasteiger partial charge in [-0.15, -0.1) is 0 Å². The van der Waals surface area contributed by atoms with E-state index in [1.807, 2.05) is 60.7 Å². The van der Waals surface area contributed by atoms with Crippen LogP contribution in [0.4, 0.5) is 0 Å². The Labute approximate surface area is 164 Å². The van der Waals surface area contributed by atoms with Gasteiger partial charge in [0, 0.05) is 0 Å². The summed E-state index contributed by atoms with van der Waals surface area (Å²) < 4.78 is 32.4. The van der Waals surface area contributed by atoms with Gasteiger partial charge in [0.15, 0.2) is 0 Å². The van der Waals surface area contributed by atoms with Crippen LogP contribution >= 0.6 is 0 Å². The lowest BCUT2D eigenvalue weighted by atomic mass is 9.99. The molecule has 2 aromatic rings. The molecular formula is C20H23NO6S. The van der Waals surface area contributed by atoms with Crippen molar-refractivity contribution in [3.63, 3.8) is 0 Å². The Morgan fingerprint density at radius 2 is 1.54 bits per heavy atom. The maximum Gasteiger partial charge on any atom is 0.325 e. The summed E-state index contributed by atoms with van der Waals surface area (Å²) in [5.41, 5.74) is 1.69. The van der Waals surface area contributed by atoms with Crippen LogP contribution in [0.5, 0.6) is 0 Å². The summed E-state index contributed by atoms with van der Waals surface area (Å²) in [6.45, 7) is -0.505. The third-order valence-electron chi connectivity index (χ3n) is 3.83. The van der Waals surface area contributed by atoms with E-state index < -0.39 is 27.9 Å². The average molecular weight is 405 g/mol. The van der Waals surface area contributed by atoms with Crippen LogP contribution in [0, 0.1) is 5.92 Å². The molecule has 1 N–H and O–H groups in total. The molecule has 7 nitrogen and oxygen atoms in total. The van der Waals surface area contributed by atoms with Crippen LogP contribution in [0.2, 0.25) is 0 Å². The Kier molecular flexibility index (Phi) is 8.16. The van der Waals surface area contributed by atoms with Gasteiger partial charge < -0.3 is 10.1 Å². The second kappa shape index (κ2) is 10.6. The molecule has 2 aromatic carbocycles. The molecule has 0 saturated carbocycles. The lowest BCUT2D eigenvalue weighted by Crippen LogP contribution is -2.38. The molecule has 150 valence electrons. The summed E-state index contributed by atoms with van der Waals surface area (Å²) in [5, 5.41) is 2.49. The summed E-state index contributed by atoms with van der Waals surface area (Å²) in [6, 6.07) is 18.3. The summed E-state index contributed by atoms with van der Waals surface area (Å²) in [7, 11) is -3.69. The minimum absolute atomic E-state index is 0.111. The molecule has 0 aliphatic heterocycles. The monoisotopic (exact) mass is 405 g/mol. The van der Waals surface area contributed by atoms with E-state index in [2.05, 4.69) is 5.32 Å². The van der Waals surface area contributed by atoms with E-state index in [1.165, 1.54) is 0 Å². The number of nitrogens with one attached hydrogen (secondary N) is 1. The van der Waals surface area contributed by atoms with Crippen LogP contribution < -0.4 is 5.32 Å². The lowest BCUT2D eigenvalue weighted by molar-refractivity contribution is -0.145. The number of hydrogen-bond acceptors (Lipinski definition) is 6. The van der Waals surface area contributed by atoms with E-state index in [0.29, 0.717) is 0 Å². The topological polar surface area (TPSA) is 98.8 Å². The Bertz CT molecular complexity index is 868. The third-order valence-corrected chi connectivity index (χ3v) is 4.39. The van der Waals surface area contributed by atoms with Gasteiger partial charge in [-0.25, -0.2) is 0 Å². The highest BCUT2D eigenvalue weighted by molar-refractivity contribution is 7.85. The fourth-order valence-corrected chi connectivity index (χ4v) is 2.84. The molecular weight excluding hydrogens is 382 g/mol. The Hall–Kier alpha value is -2.71. The maximum atomic E-state index is 12.4. The molecule has 0 bridgehead atoms. The van der Waals surface area contributed by atoms with E-state index in [4.69, 9.17) is 8.92 Å². The first-order chi connectivity index (χ1) is 13.3. The molecule has 0 aliphatic carbocycles. The fraction of sp³-hybridized carbons (Fsp3) is 0.300. The molecule has 1 amide bonds. The lowest BCUT2D eigenvalue weighted by Gasteiger charge is -2.16. The van der Waals surface area contributed by atoms with Crippen molar-refractivity contribution < 1.29 is 26.9 Å². The minimum atomic E-state index is -3.69. The average Bonchev–Trinajstić information content (AvgIpc) is 2.68. The first-order valence-corrected chi connectivity index (χ1v) is 10.5. The van der Waals surface area contributed by atoms with Crippen LogP contribution in [0.25, 0.3) is 0 Å². The van der Waals surface area contributed by atoms with Gasteiger partial charge in [0.1, 0.15) is 13.2 Å². The summed E-state index contributed by atoms with van der Waals surface area (Å²) >= 11 is 0. The largest absolute Gasteiger partial charge is 0.460 e. The minimum Gasteiger partial charge on any atom is -0.460 e. The van der Waals surface area contributed by atoms with Crippen molar-refractivity contribution in [2.45, 2.75) is 13.0 Å². The van der Waals surface area contributed by atoms with Crippen LogP contribution in [0.1, 0.15) is 11.1 Å². The number of benzene rings is 2. The van der Waals surface area contributed by atoms with Crippen LogP contribution in [0.3, 0.4) is 0 Å². The highest BCUT2D eigenvalue weighted by atomic mass is 32.2. The SMILES string of the molecule is CS(=O)(=O)OCC(Cc1ccccc1)C(=O)NCC(=O)OCc1ccccc1. The zero-order valence-electron chi connectivity index (χ0n) is 15.5. The molecule has 8 heteroatoms. The molecule has 0 aliphatic rings. The first kappa shape index (κ1) is 21.6. The molecule has 0 spiro atoms. The third kappa shape index (κ3) is 8.32. The normalized spacial score (nSPS) is 12.2. The molecule has 1 unspecified atom stereocenters. The molecule has 0 fully saturated rings. The molecule has 0 saturated heterocycles.